The predicted molar refractivity (Wildman–Crippen MR) is 62.6 cm³/mol. The lowest BCUT2D eigenvalue weighted by Gasteiger charge is -2.43. The third-order valence-electron chi connectivity index (χ3n) is 3.47. The van der Waals surface area contributed by atoms with Crippen LogP contribution in [0.3, 0.4) is 0 Å². The van der Waals surface area contributed by atoms with Gasteiger partial charge >= 0.3 is 0 Å². The number of nitrogens with one attached hydrogen (secondary N) is 1. The Hall–Kier alpha value is -0.200. The number of ether oxygens (including phenoxy) is 1. The molecule has 0 aliphatic carbocycles. The second kappa shape index (κ2) is 6.51. The summed E-state index contributed by atoms with van der Waals surface area (Å²) >= 11 is 0. The highest BCUT2D eigenvalue weighted by atomic mass is 16.5. The topological polar surface area (TPSA) is 48.0 Å². The third kappa shape index (κ3) is 3.40. The van der Waals surface area contributed by atoms with Crippen LogP contribution in [0.4, 0.5) is 0 Å². The second-order valence-electron chi connectivity index (χ2n) is 4.53. The van der Waals surface area contributed by atoms with E-state index in [0.717, 1.165) is 32.3 Å². The molecule has 0 aromatic heterocycles. The number of aliphatic hydroxyl groups is 1. The largest absolute Gasteiger partial charge is 0.394 e. The quantitative estimate of drug-likeness (QED) is 0.548. The van der Waals surface area contributed by atoms with Gasteiger partial charge in [-0.3, -0.25) is 9.80 Å². The van der Waals surface area contributed by atoms with Crippen LogP contribution in [0.25, 0.3) is 0 Å². The molecule has 2 fully saturated rings. The summed E-state index contributed by atoms with van der Waals surface area (Å²) in [6.07, 6.45) is 0. The monoisotopic (exact) mass is 229 g/mol. The zero-order chi connectivity index (χ0) is 11.2. The van der Waals surface area contributed by atoms with Crippen LogP contribution in [0.15, 0.2) is 0 Å². The standard InChI is InChI=1S/C11H23N3O2/c15-6-8-16-7-5-13-1-3-14(4-2-13)11-9-12-10-11/h11-12,15H,1-10H2. The molecule has 0 saturated carbocycles. The minimum atomic E-state index is 0.127. The number of hydrogen-bond acceptors (Lipinski definition) is 5. The number of piperazine rings is 1. The summed E-state index contributed by atoms with van der Waals surface area (Å²) in [5, 5.41) is 11.9. The van der Waals surface area contributed by atoms with Crippen molar-refractivity contribution in [3.63, 3.8) is 0 Å². The van der Waals surface area contributed by atoms with Gasteiger partial charge in [0.2, 0.25) is 0 Å². The maximum Gasteiger partial charge on any atom is 0.0698 e. The lowest BCUT2D eigenvalue weighted by atomic mass is 10.1. The van der Waals surface area contributed by atoms with E-state index in [1.165, 1.54) is 26.2 Å². The van der Waals surface area contributed by atoms with Crippen molar-refractivity contribution in [2.75, 3.05) is 65.6 Å². The van der Waals surface area contributed by atoms with Gasteiger partial charge in [-0.25, -0.2) is 0 Å². The van der Waals surface area contributed by atoms with Gasteiger partial charge in [-0.2, -0.15) is 0 Å². The molecule has 0 bridgehead atoms. The van der Waals surface area contributed by atoms with Crippen molar-refractivity contribution in [3.8, 4) is 0 Å². The summed E-state index contributed by atoms with van der Waals surface area (Å²) in [6.45, 7) is 9.34. The SMILES string of the molecule is OCCOCCN1CCN(C2CNC2)CC1. The van der Waals surface area contributed by atoms with Gasteiger partial charge in [-0.15, -0.1) is 0 Å². The molecule has 0 atom stereocenters. The van der Waals surface area contributed by atoms with Gasteiger partial charge in [0.05, 0.1) is 19.8 Å². The van der Waals surface area contributed by atoms with E-state index in [1.807, 2.05) is 0 Å². The predicted octanol–water partition coefficient (Wildman–Crippen LogP) is -1.42. The zero-order valence-electron chi connectivity index (χ0n) is 9.90. The molecule has 0 aromatic rings. The van der Waals surface area contributed by atoms with Crippen molar-refractivity contribution < 1.29 is 9.84 Å². The van der Waals surface area contributed by atoms with E-state index >= 15 is 0 Å². The highest BCUT2D eigenvalue weighted by molar-refractivity contribution is 4.87. The molecule has 2 N–H and O–H groups in total. The van der Waals surface area contributed by atoms with Crippen LogP contribution in [0.1, 0.15) is 0 Å². The molecule has 2 saturated heterocycles. The second-order valence-corrected chi connectivity index (χ2v) is 4.53. The van der Waals surface area contributed by atoms with Crippen molar-refractivity contribution in [2.45, 2.75) is 6.04 Å². The summed E-state index contributed by atoms with van der Waals surface area (Å²) < 4.78 is 5.28. The van der Waals surface area contributed by atoms with Crippen LogP contribution in [-0.2, 0) is 4.74 Å². The van der Waals surface area contributed by atoms with Crippen LogP contribution in [-0.4, -0.2) is 86.6 Å². The molecule has 0 amide bonds. The maximum absolute atomic E-state index is 8.58. The Morgan fingerprint density at radius 2 is 1.88 bits per heavy atom. The van der Waals surface area contributed by atoms with Crippen molar-refractivity contribution >= 4 is 0 Å². The lowest BCUT2D eigenvalue weighted by Crippen LogP contribution is -2.61. The molecular weight excluding hydrogens is 206 g/mol. The Labute approximate surface area is 97.4 Å². The Morgan fingerprint density at radius 3 is 2.44 bits per heavy atom. The van der Waals surface area contributed by atoms with Crippen LogP contribution in [0.5, 0.6) is 0 Å². The third-order valence-corrected chi connectivity index (χ3v) is 3.47. The molecule has 0 spiro atoms. The molecule has 0 unspecified atom stereocenters. The number of rotatable bonds is 6. The lowest BCUT2D eigenvalue weighted by molar-refractivity contribution is 0.0404. The van der Waals surface area contributed by atoms with Gasteiger partial charge in [0, 0.05) is 51.9 Å². The van der Waals surface area contributed by atoms with Crippen molar-refractivity contribution in [3.05, 3.63) is 0 Å². The van der Waals surface area contributed by atoms with Crippen molar-refractivity contribution in [2.24, 2.45) is 0 Å². The minimum Gasteiger partial charge on any atom is -0.394 e. The minimum absolute atomic E-state index is 0.127. The number of aliphatic hydroxyl groups excluding tert-OH is 1. The summed E-state index contributed by atoms with van der Waals surface area (Å²) in [4.78, 5) is 5.03. The highest BCUT2D eigenvalue weighted by Gasteiger charge is 2.27. The summed E-state index contributed by atoms with van der Waals surface area (Å²) in [5.41, 5.74) is 0. The average molecular weight is 229 g/mol. The molecule has 5 nitrogen and oxygen atoms in total. The van der Waals surface area contributed by atoms with Crippen LogP contribution in [0.2, 0.25) is 0 Å². The average Bonchev–Trinajstić information content (AvgIpc) is 2.24. The molecule has 2 aliphatic rings. The van der Waals surface area contributed by atoms with Gasteiger partial charge < -0.3 is 15.2 Å². The van der Waals surface area contributed by atoms with E-state index < -0.39 is 0 Å². The normalized spacial score (nSPS) is 24.6. The van der Waals surface area contributed by atoms with Crippen molar-refractivity contribution in [1.82, 2.24) is 15.1 Å². The molecule has 5 heteroatoms. The Morgan fingerprint density at radius 1 is 1.12 bits per heavy atom. The Balaban J connectivity index is 1.54. The summed E-state index contributed by atoms with van der Waals surface area (Å²) in [6, 6.07) is 0.785. The van der Waals surface area contributed by atoms with Gasteiger partial charge in [0.25, 0.3) is 0 Å². The van der Waals surface area contributed by atoms with Crippen molar-refractivity contribution in [1.29, 1.82) is 0 Å². The first-order valence-electron chi connectivity index (χ1n) is 6.26. The van der Waals surface area contributed by atoms with E-state index in [9.17, 15) is 0 Å². The molecular formula is C11H23N3O2. The smallest absolute Gasteiger partial charge is 0.0698 e. The van der Waals surface area contributed by atoms with E-state index in [1.54, 1.807) is 0 Å². The molecule has 2 aliphatic heterocycles. The van der Waals surface area contributed by atoms with Crippen LogP contribution in [0, 0.1) is 0 Å². The van der Waals surface area contributed by atoms with Gasteiger partial charge in [-0.05, 0) is 0 Å². The first kappa shape index (κ1) is 12.3. The van der Waals surface area contributed by atoms with Crippen LogP contribution >= 0.6 is 0 Å². The Bertz CT molecular complexity index is 192. The fourth-order valence-electron chi connectivity index (χ4n) is 2.24. The Kier molecular flexibility index (Phi) is 4.99. The van der Waals surface area contributed by atoms with Crippen LogP contribution < -0.4 is 5.32 Å². The summed E-state index contributed by atoms with van der Waals surface area (Å²) in [7, 11) is 0. The highest BCUT2D eigenvalue weighted by Crippen LogP contribution is 2.09. The first-order valence-corrected chi connectivity index (χ1v) is 6.26. The molecule has 94 valence electrons. The van der Waals surface area contributed by atoms with E-state index in [-0.39, 0.29) is 6.61 Å². The van der Waals surface area contributed by atoms with E-state index in [4.69, 9.17) is 9.84 Å². The molecule has 0 radical (unpaired) electrons. The van der Waals surface area contributed by atoms with E-state index in [2.05, 4.69) is 15.1 Å². The van der Waals surface area contributed by atoms with E-state index in [0.29, 0.717) is 6.61 Å². The molecule has 16 heavy (non-hydrogen) atoms. The molecule has 0 aromatic carbocycles. The number of hydrogen-bond donors (Lipinski definition) is 2. The summed E-state index contributed by atoms with van der Waals surface area (Å²) in [5.74, 6) is 0. The fourth-order valence-corrected chi connectivity index (χ4v) is 2.24. The first-order chi connectivity index (χ1) is 7.90. The maximum atomic E-state index is 8.58. The number of nitrogens with zero attached hydrogens (tertiary/aromatic N) is 2. The van der Waals surface area contributed by atoms with Gasteiger partial charge in [0.1, 0.15) is 0 Å². The molecule has 2 heterocycles. The fraction of sp³-hybridized carbons (Fsp3) is 1.00. The zero-order valence-corrected chi connectivity index (χ0v) is 9.90. The molecule has 2 rings (SSSR count). The van der Waals surface area contributed by atoms with Gasteiger partial charge in [0.15, 0.2) is 0 Å². The van der Waals surface area contributed by atoms with Gasteiger partial charge in [-0.1, -0.05) is 0 Å².